The fraction of sp³-hybridized carbons (Fsp3) is 0.423. The number of aromatic amines is 1. The lowest BCUT2D eigenvalue weighted by Crippen LogP contribution is -2.41. The molecule has 0 spiro atoms. The number of benzene rings is 2. The van der Waals surface area contributed by atoms with Gasteiger partial charge in [0.1, 0.15) is 5.69 Å². The Morgan fingerprint density at radius 3 is 2.50 bits per heavy atom. The van der Waals surface area contributed by atoms with Gasteiger partial charge in [0.25, 0.3) is 5.91 Å². The molecule has 2 aromatic carbocycles. The van der Waals surface area contributed by atoms with Gasteiger partial charge in [-0.3, -0.25) is 9.69 Å². The standard InChI is InChI=1S/C26H33N3O/c1-4-28(26(30)25-17-23-7-5-6-8-24(23)27-25)18-21-13-15-29(16-14-21)20(3)22-11-9-19(2)10-12-22/h5-12,17,20-21,27H,4,13-16,18H2,1-3H3. The number of aryl methyl sites for hydroxylation is 1. The number of H-pyrrole nitrogens is 1. The van der Waals surface area contributed by atoms with Crippen molar-refractivity contribution in [1.29, 1.82) is 0 Å². The lowest BCUT2D eigenvalue weighted by Gasteiger charge is -2.37. The van der Waals surface area contributed by atoms with Crippen molar-refractivity contribution >= 4 is 16.8 Å². The maximum Gasteiger partial charge on any atom is 0.270 e. The molecule has 4 rings (SSSR count). The van der Waals surface area contributed by atoms with E-state index in [-0.39, 0.29) is 5.91 Å². The van der Waals surface area contributed by atoms with Gasteiger partial charge in [0.15, 0.2) is 0 Å². The van der Waals surface area contributed by atoms with Crippen LogP contribution in [0.3, 0.4) is 0 Å². The summed E-state index contributed by atoms with van der Waals surface area (Å²) in [7, 11) is 0. The number of fused-ring (bicyclic) bond motifs is 1. The molecule has 1 N–H and O–H groups in total. The van der Waals surface area contributed by atoms with Gasteiger partial charge in [0.2, 0.25) is 0 Å². The molecule has 1 aliphatic heterocycles. The van der Waals surface area contributed by atoms with Gasteiger partial charge in [0, 0.05) is 30.0 Å². The third kappa shape index (κ3) is 4.44. The van der Waals surface area contributed by atoms with E-state index in [1.54, 1.807) is 0 Å². The first-order valence-electron chi connectivity index (χ1n) is 11.2. The van der Waals surface area contributed by atoms with Crippen LogP contribution in [0.2, 0.25) is 0 Å². The number of rotatable bonds is 6. The highest BCUT2D eigenvalue weighted by atomic mass is 16.2. The predicted molar refractivity (Wildman–Crippen MR) is 124 cm³/mol. The molecule has 0 bridgehead atoms. The largest absolute Gasteiger partial charge is 0.351 e. The van der Waals surface area contributed by atoms with Crippen molar-refractivity contribution in [2.45, 2.75) is 39.7 Å². The van der Waals surface area contributed by atoms with Gasteiger partial charge in [-0.15, -0.1) is 0 Å². The summed E-state index contributed by atoms with van der Waals surface area (Å²) in [6.07, 6.45) is 2.29. The number of hydrogen-bond acceptors (Lipinski definition) is 2. The molecule has 0 saturated carbocycles. The Kier molecular flexibility index (Phi) is 6.24. The third-order valence-corrected chi connectivity index (χ3v) is 6.66. The van der Waals surface area contributed by atoms with Crippen molar-refractivity contribution in [3.8, 4) is 0 Å². The van der Waals surface area contributed by atoms with Crippen LogP contribution in [0.25, 0.3) is 10.9 Å². The van der Waals surface area contributed by atoms with E-state index >= 15 is 0 Å². The molecule has 1 atom stereocenters. The summed E-state index contributed by atoms with van der Waals surface area (Å²) < 4.78 is 0. The molecule has 4 heteroatoms. The number of aromatic nitrogens is 1. The Balaban J connectivity index is 1.35. The smallest absolute Gasteiger partial charge is 0.270 e. The van der Waals surface area contributed by atoms with E-state index in [1.807, 2.05) is 35.2 Å². The van der Waals surface area contributed by atoms with Crippen LogP contribution in [0.15, 0.2) is 54.6 Å². The van der Waals surface area contributed by atoms with Crippen LogP contribution in [-0.2, 0) is 0 Å². The highest BCUT2D eigenvalue weighted by Crippen LogP contribution is 2.27. The molecule has 4 nitrogen and oxygen atoms in total. The van der Waals surface area contributed by atoms with Gasteiger partial charge in [-0.05, 0) is 70.3 Å². The first kappa shape index (κ1) is 20.7. The van der Waals surface area contributed by atoms with E-state index in [0.29, 0.717) is 17.7 Å². The minimum absolute atomic E-state index is 0.115. The second-order valence-electron chi connectivity index (χ2n) is 8.68. The molecule has 1 fully saturated rings. The first-order chi connectivity index (χ1) is 14.5. The average Bonchev–Trinajstić information content (AvgIpc) is 3.22. The minimum Gasteiger partial charge on any atom is -0.351 e. The van der Waals surface area contributed by atoms with Crippen LogP contribution in [0, 0.1) is 12.8 Å². The molecule has 1 saturated heterocycles. The van der Waals surface area contributed by atoms with Crippen LogP contribution in [0.4, 0.5) is 0 Å². The zero-order valence-electron chi connectivity index (χ0n) is 18.4. The van der Waals surface area contributed by atoms with Crippen molar-refractivity contribution < 1.29 is 4.79 Å². The Labute approximate surface area is 179 Å². The molecular weight excluding hydrogens is 370 g/mol. The van der Waals surface area contributed by atoms with Crippen molar-refractivity contribution in [2.24, 2.45) is 5.92 Å². The minimum atomic E-state index is 0.115. The third-order valence-electron chi connectivity index (χ3n) is 6.66. The number of hydrogen-bond donors (Lipinski definition) is 1. The number of piperidine rings is 1. The van der Waals surface area contributed by atoms with Crippen molar-refractivity contribution in [3.05, 3.63) is 71.4 Å². The lowest BCUT2D eigenvalue weighted by atomic mass is 9.93. The fourth-order valence-electron chi connectivity index (χ4n) is 4.60. The molecule has 0 radical (unpaired) electrons. The van der Waals surface area contributed by atoms with Gasteiger partial charge in [-0.2, -0.15) is 0 Å². The molecule has 3 aromatic rings. The number of amides is 1. The van der Waals surface area contributed by atoms with E-state index < -0.39 is 0 Å². The van der Waals surface area contributed by atoms with Crippen LogP contribution >= 0.6 is 0 Å². The zero-order valence-corrected chi connectivity index (χ0v) is 18.4. The monoisotopic (exact) mass is 403 g/mol. The number of carbonyl (C=O) groups excluding carboxylic acids is 1. The molecule has 1 aliphatic rings. The Bertz CT molecular complexity index is 950. The maximum absolute atomic E-state index is 13.1. The van der Waals surface area contributed by atoms with Crippen molar-refractivity contribution in [3.63, 3.8) is 0 Å². The van der Waals surface area contributed by atoms with Gasteiger partial charge in [-0.25, -0.2) is 0 Å². The van der Waals surface area contributed by atoms with Crippen molar-refractivity contribution in [2.75, 3.05) is 26.2 Å². The van der Waals surface area contributed by atoms with E-state index in [9.17, 15) is 4.79 Å². The Morgan fingerprint density at radius 2 is 1.83 bits per heavy atom. The molecule has 1 aromatic heterocycles. The van der Waals surface area contributed by atoms with Crippen LogP contribution < -0.4 is 0 Å². The quantitative estimate of drug-likeness (QED) is 0.597. The van der Waals surface area contributed by atoms with Crippen LogP contribution in [0.5, 0.6) is 0 Å². The van der Waals surface area contributed by atoms with E-state index in [2.05, 4.69) is 54.9 Å². The topological polar surface area (TPSA) is 39.3 Å². The fourth-order valence-corrected chi connectivity index (χ4v) is 4.60. The molecule has 2 heterocycles. The van der Waals surface area contributed by atoms with Crippen LogP contribution in [-0.4, -0.2) is 46.9 Å². The highest BCUT2D eigenvalue weighted by Gasteiger charge is 2.26. The van der Waals surface area contributed by atoms with Gasteiger partial charge in [0.05, 0.1) is 0 Å². The van der Waals surface area contributed by atoms with Gasteiger partial charge < -0.3 is 9.88 Å². The SMILES string of the molecule is CCN(CC1CCN(C(C)c2ccc(C)cc2)CC1)C(=O)c1cc2ccccc2[nH]1. The van der Waals surface area contributed by atoms with Gasteiger partial charge >= 0.3 is 0 Å². The Hall–Kier alpha value is -2.59. The molecule has 0 aliphatic carbocycles. The molecule has 1 unspecified atom stereocenters. The van der Waals surface area contributed by atoms with Crippen molar-refractivity contribution in [1.82, 2.24) is 14.8 Å². The lowest BCUT2D eigenvalue weighted by molar-refractivity contribution is 0.0677. The average molecular weight is 404 g/mol. The molecule has 158 valence electrons. The number of nitrogens with one attached hydrogen (secondary N) is 1. The highest BCUT2D eigenvalue weighted by molar-refractivity contribution is 5.98. The summed E-state index contributed by atoms with van der Waals surface area (Å²) in [5.74, 6) is 0.684. The van der Waals surface area contributed by atoms with E-state index in [0.717, 1.165) is 49.9 Å². The maximum atomic E-state index is 13.1. The second-order valence-corrected chi connectivity index (χ2v) is 8.68. The predicted octanol–water partition coefficient (Wildman–Crippen LogP) is 5.41. The molecule has 30 heavy (non-hydrogen) atoms. The van der Waals surface area contributed by atoms with E-state index in [4.69, 9.17) is 0 Å². The van der Waals surface area contributed by atoms with Crippen LogP contribution in [0.1, 0.15) is 54.3 Å². The number of likely N-dealkylation sites (tertiary alicyclic amines) is 1. The second kappa shape index (κ2) is 9.05. The summed E-state index contributed by atoms with van der Waals surface area (Å²) in [6.45, 7) is 10.3. The summed E-state index contributed by atoms with van der Waals surface area (Å²) in [5, 5.41) is 1.09. The normalized spacial score (nSPS) is 16.6. The van der Waals surface area contributed by atoms with Gasteiger partial charge in [-0.1, -0.05) is 48.0 Å². The first-order valence-corrected chi connectivity index (χ1v) is 11.2. The molecule has 1 amide bonds. The zero-order chi connectivity index (χ0) is 21.1. The summed E-state index contributed by atoms with van der Waals surface area (Å²) in [5.41, 5.74) is 4.42. The summed E-state index contributed by atoms with van der Waals surface area (Å²) in [6, 6.07) is 19.4. The van der Waals surface area contributed by atoms with E-state index in [1.165, 1.54) is 11.1 Å². The Morgan fingerprint density at radius 1 is 1.13 bits per heavy atom. The number of carbonyl (C=O) groups is 1. The number of para-hydroxylation sites is 1. The molecular formula is C26H33N3O. The summed E-state index contributed by atoms with van der Waals surface area (Å²) in [4.78, 5) is 21.0. The number of nitrogens with zero attached hydrogens (tertiary/aromatic N) is 2. The summed E-state index contributed by atoms with van der Waals surface area (Å²) >= 11 is 0.